The van der Waals surface area contributed by atoms with Gasteiger partial charge in [-0.25, -0.2) is 8.78 Å². The molecule has 5 nitrogen and oxygen atoms in total. The Morgan fingerprint density at radius 2 is 1.93 bits per heavy atom. The summed E-state index contributed by atoms with van der Waals surface area (Å²) in [6.07, 6.45) is 1.38. The molecule has 0 aliphatic carbocycles. The van der Waals surface area contributed by atoms with Crippen LogP contribution in [0.2, 0.25) is 0 Å². The number of hydrogen-bond acceptors (Lipinski definition) is 3. The van der Waals surface area contributed by atoms with Crippen molar-refractivity contribution in [1.29, 1.82) is 0 Å². The summed E-state index contributed by atoms with van der Waals surface area (Å²) in [5.41, 5.74) is 1.75. The van der Waals surface area contributed by atoms with Crippen LogP contribution in [0.1, 0.15) is 29.9 Å². The Balaban J connectivity index is 1.73. The number of ether oxygens (including phenoxy) is 1. The van der Waals surface area contributed by atoms with Gasteiger partial charge in [0.1, 0.15) is 5.69 Å². The lowest BCUT2D eigenvalue weighted by atomic mass is 10.2. The van der Waals surface area contributed by atoms with E-state index in [1.54, 1.807) is 21.6 Å². The van der Waals surface area contributed by atoms with E-state index in [0.717, 1.165) is 6.07 Å². The Kier molecular flexibility index (Phi) is 4.47. The fourth-order valence-corrected chi connectivity index (χ4v) is 3.67. The van der Waals surface area contributed by atoms with Gasteiger partial charge in [-0.1, -0.05) is 12.1 Å². The zero-order chi connectivity index (χ0) is 19.1. The minimum absolute atomic E-state index is 0.0309. The van der Waals surface area contributed by atoms with E-state index < -0.39 is 11.6 Å². The van der Waals surface area contributed by atoms with Crippen molar-refractivity contribution >= 4 is 17.0 Å². The number of fused-ring (bicyclic) bond motifs is 1. The molecule has 0 bridgehead atoms. The van der Waals surface area contributed by atoms with Gasteiger partial charge in [0, 0.05) is 30.8 Å². The number of carbonyl (C=O) groups excluding carboxylic acids is 1. The van der Waals surface area contributed by atoms with Gasteiger partial charge in [-0.2, -0.15) is 0 Å². The van der Waals surface area contributed by atoms with Gasteiger partial charge in [-0.15, -0.1) is 0 Å². The number of amides is 1. The van der Waals surface area contributed by atoms with Gasteiger partial charge in [0.2, 0.25) is 0 Å². The van der Waals surface area contributed by atoms with Gasteiger partial charge in [0.15, 0.2) is 17.2 Å². The van der Waals surface area contributed by atoms with Crippen molar-refractivity contribution in [3.8, 4) is 0 Å². The van der Waals surface area contributed by atoms with Gasteiger partial charge >= 0.3 is 0 Å². The fourth-order valence-electron chi connectivity index (χ4n) is 3.67. The largest absolute Gasteiger partial charge is 0.463 e. The molecule has 1 fully saturated rings. The first-order valence-electron chi connectivity index (χ1n) is 8.88. The van der Waals surface area contributed by atoms with Crippen LogP contribution in [-0.2, 0) is 11.3 Å². The predicted octanol–water partition coefficient (Wildman–Crippen LogP) is 3.81. The highest BCUT2D eigenvalue weighted by Crippen LogP contribution is 2.25. The second-order valence-corrected chi connectivity index (χ2v) is 6.97. The number of benzene rings is 1. The first-order chi connectivity index (χ1) is 12.9. The monoisotopic (exact) mass is 374 g/mol. The molecule has 1 aromatic carbocycles. The highest BCUT2D eigenvalue weighted by Gasteiger charge is 2.29. The number of furan rings is 1. The number of halogens is 2. The van der Waals surface area contributed by atoms with Crippen LogP contribution in [0.3, 0.4) is 0 Å². The van der Waals surface area contributed by atoms with E-state index in [4.69, 9.17) is 9.15 Å². The molecule has 2 aromatic heterocycles. The third-order valence-electron chi connectivity index (χ3n) is 4.81. The molecule has 2 unspecified atom stereocenters. The van der Waals surface area contributed by atoms with Crippen LogP contribution in [-0.4, -0.2) is 40.7 Å². The lowest BCUT2D eigenvalue weighted by Crippen LogP contribution is -2.48. The van der Waals surface area contributed by atoms with E-state index in [-0.39, 0.29) is 30.2 Å². The van der Waals surface area contributed by atoms with Crippen LogP contribution in [0.25, 0.3) is 11.1 Å². The van der Waals surface area contributed by atoms with Gasteiger partial charge in [0.05, 0.1) is 30.5 Å². The van der Waals surface area contributed by atoms with Crippen molar-refractivity contribution in [3.05, 3.63) is 59.5 Å². The zero-order valence-corrected chi connectivity index (χ0v) is 15.1. The number of rotatable bonds is 3. The lowest BCUT2D eigenvalue weighted by molar-refractivity contribution is -0.0588. The molecule has 1 amide bonds. The molecule has 1 aliphatic heterocycles. The number of aromatic nitrogens is 1. The third-order valence-corrected chi connectivity index (χ3v) is 4.81. The van der Waals surface area contributed by atoms with E-state index in [1.165, 1.54) is 18.4 Å². The van der Waals surface area contributed by atoms with E-state index in [2.05, 4.69) is 0 Å². The molecule has 3 heterocycles. The molecule has 142 valence electrons. The van der Waals surface area contributed by atoms with Crippen molar-refractivity contribution < 1.29 is 22.7 Å². The summed E-state index contributed by atoms with van der Waals surface area (Å²) in [5, 5.41) is 0. The molecular weight excluding hydrogens is 354 g/mol. The van der Waals surface area contributed by atoms with Crippen LogP contribution < -0.4 is 0 Å². The molecule has 27 heavy (non-hydrogen) atoms. The molecule has 0 radical (unpaired) electrons. The second-order valence-electron chi connectivity index (χ2n) is 6.97. The lowest BCUT2D eigenvalue weighted by Gasteiger charge is -2.35. The Morgan fingerprint density at radius 1 is 1.19 bits per heavy atom. The molecule has 1 saturated heterocycles. The van der Waals surface area contributed by atoms with Crippen molar-refractivity contribution in [2.24, 2.45) is 0 Å². The molecule has 3 aromatic rings. The summed E-state index contributed by atoms with van der Waals surface area (Å²) < 4.78 is 40.6. The summed E-state index contributed by atoms with van der Waals surface area (Å²) in [4.78, 5) is 14.9. The highest BCUT2D eigenvalue weighted by molar-refractivity contribution is 5.97. The van der Waals surface area contributed by atoms with E-state index >= 15 is 0 Å². The summed E-state index contributed by atoms with van der Waals surface area (Å²) in [6.45, 7) is 4.82. The molecule has 7 heteroatoms. The Hall–Kier alpha value is -2.67. The first-order valence-corrected chi connectivity index (χ1v) is 8.88. The third kappa shape index (κ3) is 3.23. The minimum atomic E-state index is -0.910. The maximum absolute atomic E-state index is 14.2. The normalized spacial score (nSPS) is 20.4. The Labute approximate surface area is 155 Å². The van der Waals surface area contributed by atoms with Crippen LogP contribution in [0.5, 0.6) is 0 Å². The Morgan fingerprint density at radius 3 is 2.67 bits per heavy atom. The molecule has 2 atom stereocenters. The zero-order valence-electron chi connectivity index (χ0n) is 15.1. The van der Waals surface area contributed by atoms with Crippen molar-refractivity contribution in [3.63, 3.8) is 0 Å². The molecule has 0 saturated carbocycles. The minimum Gasteiger partial charge on any atom is -0.463 e. The van der Waals surface area contributed by atoms with Crippen LogP contribution in [0.15, 0.2) is 41.0 Å². The molecule has 1 aliphatic rings. The number of morpholine rings is 1. The average Bonchev–Trinajstić information content (AvgIpc) is 3.20. The fraction of sp³-hybridized carbons (Fsp3) is 0.350. The van der Waals surface area contributed by atoms with Crippen molar-refractivity contribution in [2.45, 2.75) is 32.6 Å². The van der Waals surface area contributed by atoms with E-state index in [0.29, 0.717) is 29.9 Å². The van der Waals surface area contributed by atoms with Gasteiger partial charge in [-0.05, 0) is 19.9 Å². The second kappa shape index (κ2) is 6.81. The predicted molar refractivity (Wildman–Crippen MR) is 95.6 cm³/mol. The van der Waals surface area contributed by atoms with E-state index in [9.17, 15) is 13.6 Å². The summed E-state index contributed by atoms with van der Waals surface area (Å²) in [6, 6.07) is 7.41. The van der Waals surface area contributed by atoms with Crippen molar-refractivity contribution in [1.82, 2.24) is 9.47 Å². The maximum atomic E-state index is 14.2. The van der Waals surface area contributed by atoms with Gasteiger partial charge < -0.3 is 18.6 Å². The molecule has 0 N–H and O–H groups in total. The summed E-state index contributed by atoms with van der Waals surface area (Å²) in [5.74, 6) is -2.00. The number of hydrogen-bond donors (Lipinski definition) is 0. The standard InChI is InChI=1S/C20H20F2N2O3/c1-12-9-23(10-13(2)27-12)20(25)17-8-18-16(6-7-26-18)24(17)11-14-4-3-5-15(21)19(14)22/h3-8,12-13H,9-11H2,1-2H3. The number of carbonyl (C=O) groups is 1. The summed E-state index contributed by atoms with van der Waals surface area (Å²) >= 11 is 0. The SMILES string of the molecule is CC1CN(C(=O)c2cc3occc3n2Cc2cccc(F)c2F)CC(C)O1. The molecule has 0 spiro atoms. The van der Waals surface area contributed by atoms with E-state index in [1.807, 2.05) is 13.8 Å². The first kappa shape index (κ1) is 17.7. The van der Waals surface area contributed by atoms with Gasteiger partial charge in [-0.3, -0.25) is 4.79 Å². The average molecular weight is 374 g/mol. The smallest absolute Gasteiger partial charge is 0.270 e. The summed E-state index contributed by atoms with van der Waals surface area (Å²) in [7, 11) is 0. The van der Waals surface area contributed by atoms with Crippen LogP contribution in [0.4, 0.5) is 8.78 Å². The quantitative estimate of drug-likeness (QED) is 0.700. The van der Waals surface area contributed by atoms with Crippen LogP contribution >= 0.6 is 0 Å². The highest BCUT2D eigenvalue weighted by atomic mass is 19.2. The van der Waals surface area contributed by atoms with Crippen LogP contribution in [0, 0.1) is 11.6 Å². The van der Waals surface area contributed by atoms with Gasteiger partial charge in [0.25, 0.3) is 5.91 Å². The topological polar surface area (TPSA) is 47.6 Å². The van der Waals surface area contributed by atoms with Crippen molar-refractivity contribution in [2.75, 3.05) is 13.1 Å². The Bertz CT molecular complexity index is 984. The maximum Gasteiger partial charge on any atom is 0.270 e. The molecule has 4 rings (SSSR count). The molecular formula is C20H20F2N2O3. The number of nitrogens with zero attached hydrogens (tertiary/aromatic N) is 2.